The summed E-state index contributed by atoms with van der Waals surface area (Å²) >= 11 is 0. The molecule has 1 unspecified atom stereocenters. The number of hydrogen-bond acceptors (Lipinski definition) is 2. The van der Waals surface area contributed by atoms with Gasteiger partial charge >= 0.3 is 0 Å². The van der Waals surface area contributed by atoms with Crippen molar-refractivity contribution in [1.82, 2.24) is 14.5 Å². The van der Waals surface area contributed by atoms with E-state index in [1.165, 1.54) is 24.9 Å². The van der Waals surface area contributed by atoms with Crippen molar-refractivity contribution in [2.45, 2.75) is 44.7 Å². The third-order valence-corrected chi connectivity index (χ3v) is 7.38. The van der Waals surface area contributed by atoms with Crippen molar-refractivity contribution in [3.05, 3.63) is 66.0 Å². The van der Waals surface area contributed by atoms with Gasteiger partial charge in [0.25, 0.3) is 0 Å². The number of likely N-dealkylation sites (tertiary alicyclic amines) is 1. The van der Waals surface area contributed by atoms with Gasteiger partial charge in [0.05, 0.1) is 37.2 Å². The van der Waals surface area contributed by atoms with Crippen LogP contribution in [-0.4, -0.2) is 46.0 Å². The van der Waals surface area contributed by atoms with Gasteiger partial charge < -0.3 is 14.4 Å². The van der Waals surface area contributed by atoms with Gasteiger partial charge in [-0.05, 0) is 37.0 Å². The molecule has 5 rings (SSSR count). The van der Waals surface area contributed by atoms with Crippen molar-refractivity contribution >= 4 is 16.9 Å². The Bertz CT molecular complexity index is 1060. The minimum absolute atomic E-state index is 0.114. The lowest BCUT2D eigenvalue weighted by Crippen LogP contribution is -3.14. The molecule has 0 spiro atoms. The Morgan fingerprint density at radius 3 is 2.71 bits per heavy atom. The Morgan fingerprint density at radius 1 is 1.16 bits per heavy atom. The van der Waals surface area contributed by atoms with Crippen LogP contribution >= 0.6 is 0 Å². The highest BCUT2D eigenvalue weighted by Crippen LogP contribution is 2.48. The van der Waals surface area contributed by atoms with Crippen LogP contribution in [0.15, 0.2) is 54.6 Å². The molecule has 1 aromatic heterocycles. The van der Waals surface area contributed by atoms with Gasteiger partial charge in [-0.2, -0.15) is 0 Å². The Labute approximate surface area is 184 Å². The molecule has 2 aliphatic rings. The number of carbonyl (C=O) groups excluding carboxylic acids is 1. The van der Waals surface area contributed by atoms with Crippen LogP contribution in [0.25, 0.3) is 11.0 Å². The Hall–Kier alpha value is -2.66. The van der Waals surface area contributed by atoms with Gasteiger partial charge in [0.2, 0.25) is 5.91 Å². The number of quaternary nitrogens is 1. The number of nitrogens with zero attached hydrogens (tertiary/aromatic N) is 3. The largest absolute Gasteiger partial charge is 0.331 e. The molecule has 2 fully saturated rings. The minimum atomic E-state index is 0.114. The smallest absolute Gasteiger partial charge is 0.226 e. The summed E-state index contributed by atoms with van der Waals surface area (Å²) in [7, 11) is 2.07. The fourth-order valence-corrected chi connectivity index (χ4v) is 5.45. The summed E-state index contributed by atoms with van der Waals surface area (Å²) in [5, 5.41) is 0. The predicted octanol–water partition coefficient (Wildman–Crippen LogP) is 2.77. The summed E-state index contributed by atoms with van der Waals surface area (Å²) in [4.78, 5) is 22.3. The third kappa shape index (κ3) is 3.99. The first-order chi connectivity index (χ1) is 15.2. The zero-order valence-corrected chi connectivity index (χ0v) is 18.6. The minimum Gasteiger partial charge on any atom is -0.331 e. The highest BCUT2D eigenvalue weighted by Gasteiger charge is 2.46. The van der Waals surface area contributed by atoms with E-state index in [4.69, 9.17) is 4.98 Å². The van der Waals surface area contributed by atoms with Gasteiger partial charge in [0.1, 0.15) is 11.9 Å². The fraction of sp³-hybridized carbons (Fsp3) is 0.462. The molecule has 1 N–H and O–H groups in total. The maximum absolute atomic E-state index is 13.7. The Kier molecular flexibility index (Phi) is 5.53. The molecule has 0 bridgehead atoms. The summed E-state index contributed by atoms with van der Waals surface area (Å²) in [6.45, 7) is 6.05. The van der Waals surface area contributed by atoms with Gasteiger partial charge in [-0.25, -0.2) is 4.98 Å². The number of likely N-dealkylation sites (N-methyl/N-ethyl adjacent to an activating group) is 1. The SMILES string of the molecule is CC[NH+]1CCC[C@H]1CN(Cc1nc2ccccc2n1C)C(=O)[C@@H]1C[C@H]1c1ccccc1. The van der Waals surface area contributed by atoms with Crippen molar-refractivity contribution in [2.75, 3.05) is 19.6 Å². The van der Waals surface area contributed by atoms with Gasteiger partial charge in [0, 0.05) is 25.8 Å². The molecule has 2 heterocycles. The summed E-state index contributed by atoms with van der Waals surface area (Å²) in [6.07, 6.45) is 3.44. The van der Waals surface area contributed by atoms with Crippen LogP contribution in [0.1, 0.15) is 43.5 Å². The first kappa shape index (κ1) is 20.3. The molecule has 31 heavy (non-hydrogen) atoms. The third-order valence-electron chi connectivity index (χ3n) is 7.38. The van der Waals surface area contributed by atoms with E-state index in [9.17, 15) is 4.79 Å². The second kappa shape index (κ2) is 8.46. The number of rotatable bonds is 7. The van der Waals surface area contributed by atoms with Crippen LogP contribution in [-0.2, 0) is 18.4 Å². The molecule has 162 valence electrons. The van der Waals surface area contributed by atoms with Crippen molar-refractivity contribution < 1.29 is 9.69 Å². The molecule has 1 saturated carbocycles. The van der Waals surface area contributed by atoms with Crippen LogP contribution in [0, 0.1) is 5.92 Å². The molecule has 1 saturated heterocycles. The first-order valence-electron chi connectivity index (χ1n) is 11.7. The molecule has 5 nitrogen and oxygen atoms in total. The van der Waals surface area contributed by atoms with Gasteiger partial charge in [-0.1, -0.05) is 42.5 Å². The summed E-state index contributed by atoms with van der Waals surface area (Å²) in [5.74, 6) is 1.77. The van der Waals surface area contributed by atoms with E-state index in [1.807, 2.05) is 18.2 Å². The molecular formula is C26H33N4O+. The lowest BCUT2D eigenvalue weighted by Gasteiger charge is -2.28. The highest BCUT2D eigenvalue weighted by atomic mass is 16.2. The fourth-order valence-electron chi connectivity index (χ4n) is 5.45. The van der Waals surface area contributed by atoms with E-state index in [0.717, 1.165) is 36.4 Å². The van der Waals surface area contributed by atoms with Crippen LogP contribution < -0.4 is 4.90 Å². The zero-order valence-electron chi connectivity index (χ0n) is 18.6. The molecule has 1 aliphatic carbocycles. The molecule has 2 aromatic carbocycles. The van der Waals surface area contributed by atoms with Crippen LogP contribution in [0.3, 0.4) is 0 Å². The van der Waals surface area contributed by atoms with Crippen molar-refractivity contribution in [3.63, 3.8) is 0 Å². The summed E-state index contributed by atoms with van der Waals surface area (Å²) < 4.78 is 2.15. The van der Waals surface area contributed by atoms with Gasteiger partial charge in [-0.15, -0.1) is 0 Å². The second-order valence-electron chi connectivity index (χ2n) is 9.25. The lowest BCUT2D eigenvalue weighted by atomic mass is 10.1. The number of imidazole rings is 1. The number of amides is 1. The van der Waals surface area contributed by atoms with Crippen LogP contribution in [0.4, 0.5) is 0 Å². The number of benzene rings is 2. The van der Waals surface area contributed by atoms with E-state index < -0.39 is 0 Å². The van der Waals surface area contributed by atoms with Gasteiger partial charge in [0.15, 0.2) is 0 Å². The molecule has 1 aliphatic heterocycles. The lowest BCUT2D eigenvalue weighted by molar-refractivity contribution is -0.909. The summed E-state index contributed by atoms with van der Waals surface area (Å²) in [6, 6.07) is 19.3. The standard InChI is InChI=1S/C26H32N4O/c1-3-29-15-9-12-20(29)17-30(18-25-27-23-13-7-8-14-24(23)28(25)2)26(31)22-16-21(22)19-10-5-4-6-11-19/h4-8,10-11,13-14,20-22H,3,9,12,15-18H2,1-2H3/p+1/t20-,21-,22+/m0/s1. The van der Waals surface area contributed by atoms with E-state index in [0.29, 0.717) is 24.4 Å². The molecule has 4 atom stereocenters. The Balaban J connectivity index is 1.39. The van der Waals surface area contributed by atoms with Crippen molar-refractivity contribution in [2.24, 2.45) is 13.0 Å². The molecule has 1 amide bonds. The van der Waals surface area contributed by atoms with Crippen LogP contribution in [0.5, 0.6) is 0 Å². The van der Waals surface area contributed by atoms with Gasteiger partial charge in [-0.3, -0.25) is 4.79 Å². The normalized spacial score (nSPS) is 25.1. The summed E-state index contributed by atoms with van der Waals surface area (Å²) in [5.41, 5.74) is 3.42. The first-order valence-corrected chi connectivity index (χ1v) is 11.7. The predicted molar refractivity (Wildman–Crippen MR) is 123 cm³/mol. The van der Waals surface area contributed by atoms with E-state index in [1.54, 1.807) is 4.90 Å². The van der Waals surface area contributed by atoms with E-state index in [-0.39, 0.29) is 5.92 Å². The number of fused-ring (bicyclic) bond motifs is 1. The van der Waals surface area contributed by atoms with E-state index in [2.05, 4.69) is 59.8 Å². The highest BCUT2D eigenvalue weighted by molar-refractivity contribution is 5.83. The average Bonchev–Trinajstić information content (AvgIpc) is 3.38. The maximum Gasteiger partial charge on any atom is 0.226 e. The molecule has 0 radical (unpaired) electrons. The second-order valence-corrected chi connectivity index (χ2v) is 9.25. The molecular weight excluding hydrogens is 384 g/mol. The Morgan fingerprint density at radius 2 is 1.94 bits per heavy atom. The number of aromatic nitrogens is 2. The maximum atomic E-state index is 13.7. The zero-order chi connectivity index (χ0) is 21.4. The van der Waals surface area contributed by atoms with Crippen molar-refractivity contribution in [1.29, 1.82) is 0 Å². The monoisotopic (exact) mass is 417 g/mol. The van der Waals surface area contributed by atoms with Crippen LogP contribution in [0.2, 0.25) is 0 Å². The number of para-hydroxylation sites is 2. The molecule has 5 heteroatoms. The number of hydrogen-bond donors (Lipinski definition) is 1. The topological polar surface area (TPSA) is 42.6 Å². The quantitative estimate of drug-likeness (QED) is 0.642. The molecule has 3 aromatic rings. The number of aryl methyl sites for hydroxylation is 1. The van der Waals surface area contributed by atoms with E-state index >= 15 is 0 Å². The number of carbonyl (C=O) groups is 1. The van der Waals surface area contributed by atoms with Crippen molar-refractivity contribution in [3.8, 4) is 0 Å². The average molecular weight is 418 g/mol. The number of nitrogens with one attached hydrogen (secondary N) is 1.